The van der Waals surface area contributed by atoms with Crippen molar-refractivity contribution in [2.75, 3.05) is 27.6 Å². The van der Waals surface area contributed by atoms with Crippen LogP contribution in [-0.2, 0) is 17.8 Å². The second kappa shape index (κ2) is 19.0. The molecule has 0 unspecified atom stereocenters. The van der Waals surface area contributed by atoms with Gasteiger partial charge in [-0.25, -0.2) is 9.97 Å². The van der Waals surface area contributed by atoms with E-state index in [9.17, 15) is 19.8 Å². The molecular formula is C34H30K2N2O10. The SMILES string of the molecule is CCCOc1ncnc(C=C(Cc2cc3c(cc2OC)OCO3)C(=O)[O-])c1-c1ccc(OC)cc1OCc1ccccc1C(=O)[O-].[K+].[K+]. The molecule has 3 aromatic carbocycles. The Kier molecular flexibility index (Phi) is 15.8. The Balaban J connectivity index is 0.00000312. The van der Waals surface area contributed by atoms with Crippen molar-refractivity contribution in [3.05, 3.63) is 88.9 Å². The molecule has 1 aromatic heterocycles. The molecule has 0 spiro atoms. The number of carboxylic acids is 2. The molecule has 2 heterocycles. The fourth-order valence-electron chi connectivity index (χ4n) is 4.86. The van der Waals surface area contributed by atoms with Crippen LogP contribution in [0, 0.1) is 0 Å². The fourth-order valence-corrected chi connectivity index (χ4v) is 4.86. The van der Waals surface area contributed by atoms with Crippen LogP contribution in [0.15, 0.2) is 66.5 Å². The van der Waals surface area contributed by atoms with Crippen molar-refractivity contribution < 1.29 is 151 Å². The van der Waals surface area contributed by atoms with Crippen molar-refractivity contribution in [1.82, 2.24) is 9.97 Å². The molecule has 5 rings (SSSR count). The van der Waals surface area contributed by atoms with Gasteiger partial charge in [0.2, 0.25) is 12.7 Å². The van der Waals surface area contributed by atoms with Gasteiger partial charge in [0.25, 0.3) is 0 Å². The number of rotatable bonds is 14. The van der Waals surface area contributed by atoms with E-state index in [1.165, 1.54) is 32.7 Å². The van der Waals surface area contributed by atoms with Crippen molar-refractivity contribution >= 4 is 18.0 Å². The van der Waals surface area contributed by atoms with Gasteiger partial charge in [-0.15, -0.1) is 0 Å². The summed E-state index contributed by atoms with van der Waals surface area (Å²) in [5.74, 6) is -0.464. The van der Waals surface area contributed by atoms with E-state index in [1.807, 2.05) is 6.92 Å². The van der Waals surface area contributed by atoms with Gasteiger partial charge in [-0.3, -0.25) is 0 Å². The molecule has 1 aliphatic rings. The van der Waals surface area contributed by atoms with E-state index in [2.05, 4.69) is 9.97 Å². The third-order valence-electron chi connectivity index (χ3n) is 7.09. The molecule has 0 saturated carbocycles. The predicted molar refractivity (Wildman–Crippen MR) is 161 cm³/mol. The van der Waals surface area contributed by atoms with E-state index in [4.69, 9.17) is 28.4 Å². The molecule has 0 saturated heterocycles. The van der Waals surface area contributed by atoms with E-state index in [1.54, 1.807) is 48.5 Å². The van der Waals surface area contributed by atoms with Gasteiger partial charge in [-0.05, 0) is 41.8 Å². The van der Waals surface area contributed by atoms with E-state index >= 15 is 0 Å². The Morgan fingerprint density at radius 3 is 2.33 bits per heavy atom. The van der Waals surface area contributed by atoms with E-state index in [0.29, 0.717) is 58.3 Å². The van der Waals surface area contributed by atoms with Crippen LogP contribution in [-0.4, -0.2) is 49.5 Å². The van der Waals surface area contributed by atoms with Crippen LogP contribution < -0.4 is 141 Å². The summed E-state index contributed by atoms with van der Waals surface area (Å²) >= 11 is 0. The zero-order chi connectivity index (χ0) is 32.6. The van der Waals surface area contributed by atoms with Crippen LogP contribution in [0.5, 0.6) is 34.6 Å². The zero-order valence-electron chi connectivity index (χ0n) is 27.4. The number of aromatic carboxylic acids is 1. The maximum Gasteiger partial charge on any atom is 1.00 e. The minimum absolute atomic E-state index is 0. The minimum Gasteiger partial charge on any atom is -0.545 e. The second-order valence-corrected chi connectivity index (χ2v) is 10.0. The van der Waals surface area contributed by atoms with Crippen LogP contribution in [0.2, 0.25) is 0 Å². The average molecular weight is 705 g/mol. The Morgan fingerprint density at radius 2 is 1.65 bits per heavy atom. The number of hydrogen-bond donors (Lipinski definition) is 0. The Labute approximate surface area is 362 Å². The number of aliphatic carboxylic acids is 1. The monoisotopic (exact) mass is 704 g/mol. The molecule has 4 aromatic rings. The van der Waals surface area contributed by atoms with Crippen molar-refractivity contribution in [2.45, 2.75) is 26.4 Å². The Morgan fingerprint density at radius 1 is 0.896 bits per heavy atom. The molecule has 0 amide bonds. The van der Waals surface area contributed by atoms with E-state index in [-0.39, 0.29) is 151 Å². The first-order valence-corrected chi connectivity index (χ1v) is 14.3. The van der Waals surface area contributed by atoms with Crippen molar-refractivity contribution in [2.24, 2.45) is 0 Å². The molecule has 48 heavy (non-hydrogen) atoms. The number of methoxy groups -OCH3 is 2. The first kappa shape index (κ1) is 39.9. The van der Waals surface area contributed by atoms with Gasteiger partial charge < -0.3 is 48.2 Å². The standard InChI is InChI=1S/C34H32N2O10.2K/c1-4-11-43-32-31(25-10-9-23(41-2)15-28(25)44-17-20-7-5-6-8-24(20)34(39)40)26(35-18-36-32)13-22(33(37)38)12-21-14-29-30(46-19-45-29)16-27(21)42-3;;/h5-10,13-16,18H,4,11-12,17,19H2,1-3H3,(H,37,38)(H,39,40);;/q;2*+1/p-2. The topological polar surface area (TPSA) is 161 Å². The van der Waals surface area contributed by atoms with Crippen LogP contribution >= 0.6 is 0 Å². The maximum absolute atomic E-state index is 12.5. The number of hydrogen-bond acceptors (Lipinski definition) is 12. The van der Waals surface area contributed by atoms with Crippen LogP contribution in [0.3, 0.4) is 0 Å². The third kappa shape index (κ3) is 9.59. The number of benzene rings is 3. The van der Waals surface area contributed by atoms with Gasteiger partial charge in [0, 0.05) is 35.2 Å². The summed E-state index contributed by atoms with van der Waals surface area (Å²) in [6.07, 6.45) is 3.24. The fraction of sp³-hybridized carbons (Fsp3) is 0.235. The molecule has 0 aliphatic carbocycles. The second-order valence-electron chi connectivity index (χ2n) is 10.0. The Bertz CT molecular complexity index is 1800. The Hall–Kier alpha value is -2.51. The number of aromatic nitrogens is 2. The van der Waals surface area contributed by atoms with Crippen molar-refractivity contribution in [1.29, 1.82) is 0 Å². The smallest absolute Gasteiger partial charge is 0.545 e. The summed E-state index contributed by atoms with van der Waals surface area (Å²) in [5.41, 5.74) is 1.80. The number of carbonyl (C=O) groups is 2. The molecule has 0 radical (unpaired) electrons. The molecule has 0 N–H and O–H groups in total. The summed E-state index contributed by atoms with van der Waals surface area (Å²) in [4.78, 5) is 33.0. The quantitative estimate of drug-likeness (QED) is 0.0969. The summed E-state index contributed by atoms with van der Waals surface area (Å²) in [6, 6.07) is 14.7. The van der Waals surface area contributed by atoms with Crippen LogP contribution in [0.4, 0.5) is 0 Å². The van der Waals surface area contributed by atoms with Crippen molar-refractivity contribution in [3.63, 3.8) is 0 Å². The van der Waals surface area contributed by atoms with Gasteiger partial charge in [-0.1, -0.05) is 31.2 Å². The van der Waals surface area contributed by atoms with Gasteiger partial charge >= 0.3 is 103 Å². The summed E-state index contributed by atoms with van der Waals surface area (Å²) < 4.78 is 34.0. The van der Waals surface area contributed by atoms with Crippen molar-refractivity contribution in [3.8, 4) is 45.8 Å². The molecule has 0 atom stereocenters. The minimum atomic E-state index is -1.43. The normalized spacial score (nSPS) is 11.5. The maximum atomic E-state index is 12.5. The zero-order valence-corrected chi connectivity index (χ0v) is 33.6. The molecular weight excluding hydrogens is 675 g/mol. The van der Waals surface area contributed by atoms with E-state index in [0.717, 1.165) is 0 Å². The molecule has 12 nitrogen and oxygen atoms in total. The number of carboxylic acid groups (broad SMARTS) is 2. The van der Waals surface area contributed by atoms with Crippen LogP contribution in [0.25, 0.3) is 17.2 Å². The van der Waals surface area contributed by atoms with Crippen LogP contribution in [0.1, 0.15) is 40.5 Å². The largest absolute Gasteiger partial charge is 1.00 e. The first-order valence-electron chi connectivity index (χ1n) is 14.3. The third-order valence-corrected chi connectivity index (χ3v) is 7.09. The molecule has 238 valence electrons. The summed E-state index contributed by atoms with van der Waals surface area (Å²) in [5, 5.41) is 24.2. The number of nitrogens with zero attached hydrogens (tertiary/aromatic N) is 2. The first-order chi connectivity index (χ1) is 22.3. The predicted octanol–water partition coefficient (Wildman–Crippen LogP) is -3.00. The molecule has 1 aliphatic heterocycles. The van der Waals surface area contributed by atoms with E-state index < -0.39 is 11.9 Å². The average Bonchev–Trinajstić information content (AvgIpc) is 3.53. The number of carbonyl (C=O) groups excluding carboxylic acids is 2. The number of fused-ring (bicyclic) bond motifs is 1. The summed E-state index contributed by atoms with van der Waals surface area (Å²) in [7, 11) is 2.97. The van der Waals surface area contributed by atoms with Gasteiger partial charge in [-0.2, -0.15) is 0 Å². The summed E-state index contributed by atoms with van der Waals surface area (Å²) in [6.45, 7) is 2.18. The molecule has 0 bridgehead atoms. The number of ether oxygens (including phenoxy) is 6. The van der Waals surface area contributed by atoms with Gasteiger partial charge in [0.15, 0.2) is 11.5 Å². The van der Waals surface area contributed by atoms with Gasteiger partial charge in [0.05, 0.1) is 44.0 Å². The van der Waals surface area contributed by atoms with Gasteiger partial charge in [0.1, 0.15) is 30.2 Å². The molecule has 0 fully saturated rings. The molecule has 14 heteroatoms.